The number of aromatic amines is 1. The van der Waals surface area contributed by atoms with Crippen LogP contribution in [0.4, 0.5) is 8.78 Å². The predicted octanol–water partition coefficient (Wildman–Crippen LogP) is 2.62. The fraction of sp³-hybridized carbons (Fsp3) is 0.105. The van der Waals surface area contributed by atoms with Crippen LogP contribution in [0, 0.1) is 11.6 Å². The Labute approximate surface area is 153 Å². The maximum absolute atomic E-state index is 14.9. The number of hydrogen-bond donors (Lipinski definition) is 3. The Morgan fingerprint density at radius 1 is 1.22 bits per heavy atom. The Kier molecular flexibility index (Phi) is 4.98. The van der Waals surface area contributed by atoms with Crippen LogP contribution in [0.3, 0.4) is 0 Å². The molecule has 1 atom stereocenters. The van der Waals surface area contributed by atoms with E-state index < -0.39 is 29.5 Å². The molecule has 138 valence electrons. The van der Waals surface area contributed by atoms with Gasteiger partial charge in [-0.05, 0) is 42.8 Å². The van der Waals surface area contributed by atoms with Gasteiger partial charge in [0.1, 0.15) is 17.7 Å². The summed E-state index contributed by atoms with van der Waals surface area (Å²) in [6, 6.07) is 7.75. The van der Waals surface area contributed by atoms with E-state index in [2.05, 4.69) is 15.5 Å². The molecule has 1 aromatic heterocycles. The minimum Gasteiger partial charge on any atom is -0.368 e. The summed E-state index contributed by atoms with van der Waals surface area (Å²) in [7, 11) is 0. The van der Waals surface area contributed by atoms with Crippen LogP contribution in [0.5, 0.6) is 0 Å². The minimum atomic E-state index is -0.940. The van der Waals surface area contributed by atoms with Gasteiger partial charge in [-0.15, -0.1) is 0 Å². The first-order valence-electron chi connectivity index (χ1n) is 8.07. The Balaban J connectivity index is 1.96. The van der Waals surface area contributed by atoms with Gasteiger partial charge in [0.05, 0.1) is 22.2 Å². The molecule has 0 aliphatic rings. The average molecular weight is 370 g/mol. The fourth-order valence-electron chi connectivity index (χ4n) is 2.52. The van der Waals surface area contributed by atoms with E-state index in [-0.39, 0.29) is 16.6 Å². The second kappa shape index (κ2) is 7.36. The first kappa shape index (κ1) is 18.2. The summed E-state index contributed by atoms with van der Waals surface area (Å²) in [4.78, 5) is 23.3. The molecule has 2 aromatic carbocycles. The molecule has 6 nitrogen and oxygen atoms in total. The molecule has 0 spiro atoms. The molecule has 2 amide bonds. The van der Waals surface area contributed by atoms with Gasteiger partial charge in [-0.2, -0.15) is 5.10 Å². The van der Waals surface area contributed by atoms with E-state index in [1.807, 2.05) is 0 Å². The third-order valence-corrected chi connectivity index (χ3v) is 4.00. The molecular weight excluding hydrogens is 354 g/mol. The molecule has 0 radical (unpaired) electrons. The molecular formula is C19H16F2N4O2. The number of carbonyl (C=O) groups is 2. The van der Waals surface area contributed by atoms with Gasteiger partial charge in [0.15, 0.2) is 0 Å². The number of amides is 2. The lowest BCUT2D eigenvalue weighted by Crippen LogP contribution is -2.42. The van der Waals surface area contributed by atoms with Crippen molar-refractivity contribution in [1.29, 1.82) is 0 Å². The summed E-state index contributed by atoms with van der Waals surface area (Å²) >= 11 is 0. The third kappa shape index (κ3) is 3.84. The van der Waals surface area contributed by atoms with E-state index in [4.69, 9.17) is 5.73 Å². The Morgan fingerprint density at radius 2 is 2.00 bits per heavy atom. The fourth-order valence-corrected chi connectivity index (χ4v) is 2.52. The van der Waals surface area contributed by atoms with Gasteiger partial charge in [0.25, 0.3) is 5.91 Å². The van der Waals surface area contributed by atoms with Crippen LogP contribution in [0.1, 0.15) is 28.5 Å². The molecule has 0 unspecified atom stereocenters. The first-order valence-corrected chi connectivity index (χ1v) is 8.07. The van der Waals surface area contributed by atoms with Crippen molar-refractivity contribution in [3.8, 4) is 0 Å². The third-order valence-electron chi connectivity index (χ3n) is 4.00. The van der Waals surface area contributed by atoms with E-state index in [1.165, 1.54) is 37.3 Å². The summed E-state index contributed by atoms with van der Waals surface area (Å²) in [6.07, 6.45) is 3.10. The van der Waals surface area contributed by atoms with Gasteiger partial charge in [0, 0.05) is 0 Å². The molecule has 4 N–H and O–H groups in total. The van der Waals surface area contributed by atoms with Crippen LogP contribution in [0.2, 0.25) is 0 Å². The van der Waals surface area contributed by atoms with Crippen molar-refractivity contribution in [2.75, 3.05) is 0 Å². The van der Waals surface area contributed by atoms with Crippen LogP contribution >= 0.6 is 0 Å². The Bertz CT molecular complexity index is 1060. The largest absolute Gasteiger partial charge is 0.368 e. The number of hydrogen-bond acceptors (Lipinski definition) is 3. The number of H-pyrrole nitrogens is 1. The van der Waals surface area contributed by atoms with Crippen molar-refractivity contribution >= 4 is 34.9 Å². The summed E-state index contributed by atoms with van der Waals surface area (Å²) in [5.41, 5.74) is 6.09. The molecule has 27 heavy (non-hydrogen) atoms. The normalized spacial score (nSPS) is 12.4. The van der Waals surface area contributed by atoms with E-state index in [0.29, 0.717) is 11.1 Å². The second-order valence-electron chi connectivity index (χ2n) is 5.94. The van der Waals surface area contributed by atoms with Crippen LogP contribution in [-0.4, -0.2) is 28.1 Å². The molecule has 8 heteroatoms. The molecule has 0 bridgehead atoms. The van der Waals surface area contributed by atoms with E-state index >= 15 is 0 Å². The standard InChI is InChI=1S/C19H16F2N4O2/c1-10(18(22)26)23-19(27)13-6-8-15-16(17(13)21)14(24-25-15)7-5-11-3-2-4-12(20)9-11/h2-10H,1H3,(H2,22,26)(H,23,27)(H,24,25)/b7-5+/t10-/m0/s1. The average Bonchev–Trinajstić information content (AvgIpc) is 3.04. The first-order chi connectivity index (χ1) is 12.9. The van der Waals surface area contributed by atoms with Crippen molar-refractivity contribution in [3.05, 3.63) is 64.9 Å². The highest BCUT2D eigenvalue weighted by molar-refractivity contribution is 6.02. The smallest absolute Gasteiger partial charge is 0.254 e. The topological polar surface area (TPSA) is 101 Å². The zero-order valence-corrected chi connectivity index (χ0v) is 14.3. The number of halogens is 2. The van der Waals surface area contributed by atoms with E-state index in [0.717, 1.165) is 0 Å². The van der Waals surface area contributed by atoms with Gasteiger partial charge in [0.2, 0.25) is 5.91 Å². The highest BCUT2D eigenvalue weighted by Crippen LogP contribution is 2.24. The lowest BCUT2D eigenvalue weighted by atomic mass is 10.1. The number of primary amides is 1. The Hall–Kier alpha value is -3.55. The highest BCUT2D eigenvalue weighted by atomic mass is 19.1. The Morgan fingerprint density at radius 3 is 2.70 bits per heavy atom. The lowest BCUT2D eigenvalue weighted by molar-refractivity contribution is -0.119. The van der Waals surface area contributed by atoms with Crippen molar-refractivity contribution in [2.45, 2.75) is 13.0 Å². The molecule has 0 fully saturated rings. The number of nitrogens with one attached hydrogen (secondary N) is 2. The predicted molar refractivity (Wildman–Crippen MR) is 97.5 cm³/mol. The van der Waals surface area contributed by atoms with Gasteiger partial charge in [-0.25, -0.2) is 8.78 Å². The molecule has 3 rings (SSSR count). The summed E-state index contributed by atoms with van der Waals surface area (Å²) in [5, 5.41) is 9.16. The zero-order chi connectivity index (χ0) is 19.6. The van der Waals surface area contributed by atoms with Crippen LogP contribution in [-0.2, 0) is 4.79 Å². The number of nitrogens with two attached hydrogens (primary N) is 1. The lowest BCUT2D eigenvalue weighted by Gasteiger charge is -2.11. The number of fused-ring (bicyclic) bond motifs is 1. The molecule has 3 aromatic rings. The van der Waals surface area contributed by atoms with Crippen molar-refractivity contribution in [3.63, 3.8) is 0 Å². The number of nitrogens with zero attached hydrogens (tertiary/aromatic N) is 1. The quantitative estimate of drug-likeness (QED) is 0.643. The highest BCUT2D eigenvalue weighted by Gasteiger charge is 2.20. The molecule has 0 aliphatic heterocycles. The number of carbonyl (C=O) groups excluding carboxylic acids is 2. The molecule has 0 saturated carbocycles. The zero-order valence-electron chi connectivity index (χ0n) is 14.3. The van der Waals surface area contributed by atoms with Gasteiger partial charge < -0.3 is 11.1 Å². The maximum atomic E-state index is 14.9. The SMILES string of the molecule is C[C@H](NC(=O)c1ccc2[nH]nc(/C=C/c3cccc(F)c3)c2c1F)C(N)=O. The summed E-state index contributed by atoms with van der Waals surface area (Å²) in [5.74, 6) is -2.67. The van der Waals surface area contributed by atoms with E-state index in [9.17, 15) is 18.4 Å². The van der Waals surface area contributed by atoms with Crippen molar-refractivity contribution in [1.82, 2.24) is 15.5 Å². The number of rotatable bonds is 5. The second-order valence-corrected chi connectivity index (χ2v) is 5.94. The van der Waals surface area contributed by atoms with Crippen LogP contribution in [0.15, 0.2) is 36.4 Å². The van der Waals surface area contributed by atoms with Crippen LogP contribution < -0.4 is 11.1 Å². The summed E-state index contributed by atoms with van der Waals surface area (Å²) in [6.45, 7) is 1.40. The van der Waals surface area contributed by atoms with Gasteiger partial charge >= 0.3 is 0 Å². The van der Waals surface area contributed by atoms with Gasteiger partial charge in [-0.3, -0.25) is 14.7 Å². The number of aromatic nitrogens is 2. The molecule has 0 saturated heterocycles. The van der Waals surface area contributed by atoms with Crippen molar-refractivity contribution < 1.29 is 18.4 Å². The monoisotopic (exact) mass is 370 g/mol. The molecule has 1 heterocycles. The summed E-state index contributed by atoms with van der Waals surface area (Å²) < 4.78 is 28.2. The van der Waals surface area contributed by atoms with E-state index in [1.54, 1.807) is 18.2 Å². The van der Waals surface area contributed by atoms with Crippen molar-refractivity contribution in [2.24, 2.45) is 5.73 Å². The van der Waals surface area contributed by atoms with Crippen LogP contribution in [0.25, 0.3) is 23.1 Å². The van der Waals surface area contributed by atoms with Gasteiger partial charge in [-0.1, -0.05) is 18.2 Å². The minimum absolute atomic E-state index is 0.113. The molecule has 0 aliphatic carbocycles. The maximum Gasteiger partial charge on any atom is 0.254 e. The number of benzene rings is 2.